The number of pyridine rings is 1. The summed E-state index contributed by atoms with van der Waals surface area (Å²) < 4.78 is 1.58. The van der Waals surface area contributed by atoms with E-state index in [1.165, 1.54) is 0 Å². The lowest BCUT2D eigenvalue weighted by atomic mass is 10.2. The molecule has 0 bridgehead atoms. The molecule has 22 heavy (non-hydrogen) atoms. The van der Waals surface area contributed by atoms with Crippen molar-refractivity contribution < 1.29 is 0 Å². The predicted molar refractivity (Wildman–Crippen MR) is 88.4 cm³/mol. The number of hydrogen-bond donors (Lipinski definition) is 0. The van der Waals surface area contributed by atoms with Crippen LogP contribution in [0.15, 0.2) is 71.0 Å². The van der Waals surface area contributed by atoms with Crippen LogP contribution in [0.5, 0.6) is 0 Å². The Hall–Kier alpha value is -2.79. The molecule has 4 rings (SSSR count). The van der Waals surface area contributed by atoms with E-state index in [9.17, 15) is 4.79 Å². The second-order valence-electron chi connectivity index (χ2n) is 4.76. The Morgan fingerprint density at radius 1 is 0.955 bits per heavy atom. The Kier molecular flexibility index (Phi) is 3.05. The molecule has 1 aromatic carbocycles. The molecule has 0 saturated heterocycles. The maximum Gasteiger partial charge on any atom is 0.267 e. The molecule has 5 heteroatoms. The molecule has 0 saturated carbocycles. The van der Waals surface area contributed by atoms with Gasteiger partial charge in [0.15, 0.2) is 5.82 Å². The molecule has 0 aliphatic heterocycles. The van der Waals surface area contributed by atoms with E-state index < -0.39 is 0 Å². The highest BCUT2D eigenvalue weighted by Crippen LogP contribution is 2.25. The highest BCUT2D eigenvalue weighted by molar-refractivity contribution is 7.13. The SMILES string of the molecule is O=c1c2ccccc2nc(-c2cccs2)n1-c1ccccn1. The van der Waals surface area contributed by atoms with Crippen molar-refractivity contribution >= 4 is 22.2 Å². The number of benzene rings is 1. The topological polar surface area (TPSA) is 47.8 Å². The lowest BCUT2D eigenvalue weighted by molar-refractivity contribution is 0.935. The van der Waals surface area contributed by atoms with E-state index in [0.29, 0.717) is 22.5 Å². The second-order valence-corrected chi connectivity index (χ2v) is 5.71. The molecule has 0 amide bonds. The van der Waals surface area contributed by atoms with Gasteiger partial charge in [-0.25, -0.2) is 14.5 Å². The quantitative estimate of drug-likeness (QED) is 0.569. The fourth-order valence-electron chi connectivity index (χ4n) is 2.40. The van der Waals surface area contributed by atoms with Gasteiger partial charge in [-0.3, -0.25) is 4.79 Å². The summed E-state index contributed by atoms with van der Waals surface area (Å²) in [6.45, 7) is 0. The lowest BCUT2D eigenvalue weighted by Gasteiger charge is -2.11. The summed E-state index contributed by atoms with van der Waals surface area (Å²) in [5.74, 6) is 1.20. The van der Waals surface area contributed by atoms with Crippen LogP contribution < -0.4 is 5.56 Å². The van der Waals surface area contributed by atoms with Crippen LogP contribution in [-0.4, -0.2) is 14.5 Å². The second kappa shape index (κ2) is 5.20. The van der Waals surface area contributed by atoms with E-state index in [4.69, 9.17) is 0 Å². The minimum atomic E-state index is -0.104. The zero-order chi connectivity index (χ0) is 14.9. The van der Waals surface area contributed by atoms with Gasteiger partial charge in [0.2, 0.25) is 0 Å². The molecule has 0 N–H and O–H groups in total. The van der Waals surface area contributed by atoms with Crippen molar-refractivity contribution in [2.75, 3.05) is 0 Å². The van der Waals surface area contributed by atoms with Gasteiger partial charge in [0.05, 0.1) is 15.8 Å². The minimum absolute atomic E-state index is 0.104. The molecule has 0 atom stereocenters. The molecule has 0 radical (unpaired) electrons. The molecular formula is C17H11N3OS. The van der Waals surface area contributed by atoms with Crippen molar-refractivity contribution in [1.29, 1.82) is 0 Å². The van der Waals surface area contributed by atoms with E-state index in [-0.39, 0.29) is 5.56 Å². The standard InChI is InChI=1S/C17H11N3OS/c21-17-12-6-1-2-7-13(12)19-16(14-8-5-11-22-14)20(17)15-9-3-4-10-18-15/h1-11H. The third-order valence-corrected chi connectivity index (χ3v) is 4.26. The fraction of sp³-hybridized carbons (Fsp3) is 0. The highest BCUT2D eigenvalue weighted by atomic mass is 32.1. The number of fused-ring (bicyclic) bond motifs is 1. The van der Waals surface area contributed by atoms with Gasteiger partial charge < -0.3 is 0 Å². The molecule has 0 fully saturated rings. The first-order valence-electron chi connectivity index (χ1n) is 6.82. The van der Waals surface area contributed by atoms with E-state index in [0.717, 1.165) is 4.88 Å². The van der Waals surface area contributed by atoms with E-state index >= 15 is 0 Å². The number of thiophene rings is 1. The van der Waals surface area contributed by atoms with Crippen LogP contribution in [0.25, 0.3) is 27.4 Å². The number of hydrogen-bond acceptors (Lipinski definition) is 4. The van der Waals surface area contributed by atoms with Crippen LogP contribution in [0.2, 0.25) is 0 Å². The first-order valence-corrected chi connectivity index (χ1v) is 7.69. The van der Waals surface area contributed by atoms with Crippen LogP contribution in [0.1, 0.15) is 0 Å². The van der Waals surface area contributed by atoms with Gasteiger partial charge in [-0.15, -0.1) is 11.3 Å². The molecule has 4 aromatic rings. The van der Waals surface area contributed by atoms with Gasteiger partial charge >= 0.3 is 0 Å². The third kappa shape index (κ3) is 2.03. The fourth-order valence-corrected chi connectivity index (χ4v) is 3.11. The number of nitrogens with zero attached hydrogens (tertiary/aromatic N) is 3. The molecule has 106 valence electrons. The van der Waals surface area contributed by atoms with Gasteiger partial charge in [-0.05, 0) is 35.7 Å². The maximum atomic E-state index is 12.9. The number of aromatic nitrogens is 3. The van der Waals surface area contributed by atoms with Crippen molar-refractivity contribution in [3.63, 3.8) is 0 Å². The summed E-state index contributed by atoms with van der Waals surface area (Å²) in [7, 11) is 0. The zero-order valence-electron chi connectivity index (χ0n) is 11.5. The Morgan fingerprint density at radius 3 is 2.59 bits per heavy atom. The first-order chi connectivity index (χ1) is 10.8. The summed E-state index contributed by atoms with van der Waals surface area (Å²) in [6.07, 6.45) is 1.68. The van der Waals surface area contributed by atoms with Gasteiger partial charge in [0, 0.05) is 6.20 Å². The monoisotopic (exact) mass is 305 g/mol. The van der Waals surface area contributed by atoms with E-state index in [1.54, 1.807) is 28.2 Å². The summed E-state index contributed by atoms with van der Waals surface area (Å²) >= 11 is 1.55. The molecule has 3 heterocycles. The van der Waals surface area contributed by atoms with Crippen LogP contribution in [0.4, 0.5) is 0 Å². The summed E-state index contributed by atoms with van der Waals surface area (Å²) in [4.78, 5) is 22.9. The van der Waals surface area contributed by atoms with Gasteiger partial charge in [0.25, 0.3) is 5.56 Å². The molecule has 0 unspecified atom stereocenters. The Labute approximate surface area is 130 Å². The maximum absolute atomic E-state index is 12.9. The van der Waals surface area contributed by atoms with Crippen molar-refractivity contribution in [1.82, 2.24) is 14.5 Å². The van der Waals surface area contributed by atoms with Gasteiger partial charge in [0.1, 0.15) is 5.82 Å². The average Bonchev–Trinajstić information content (AvgIpc) is 3.10. The Balaban J connectivity index is 2.15. The van der Waals surface area contributed by atoms with Crippen LogP contribution in [-0.2, 0) is 0 Å². The van der Waals surface area contributed by atoms with Gasteiger partial charge in [-0.2, -0.15) is 0 Å². The molecular weight excluding hydrogens is 294 g/mol. The molecule has 3 aromatic heterocycles. The summed E-state index contributed by atoms with van der Waals surface area (Å²) in [5.41, 5.74) is 0.593. The molecule has 0 aliphatic carbocycles. The Morgan fingerprint density at radius 2 is 1.82 bits per heavy atom. The predicted octanol–water partition coefficient (Wildman–Crippen LogP) is 3.51. The highest BCUT2D eigenvalue weighted by Gasteiger charge is 2.15. The largest absolute Gasteiger partial charge is 0.268 e. The lowest BCUT2D eigenvalue weighted by Crippen LogP contribution is -2.22. The summed E-state index contributed by atoms with van der Waals surface area (Å²) in [5, 5.41) is 2.56. The first kappa shape index (κ1) is 12.9. The van der Waals surface area contributed by atoms with Crippen LogP contribution >= 0.6 is 11.3 Å². The van der Waals surface area contributed by atoms with E-state index in [1.807, 2.05) is 53.9 Å². The molecule has 0 aliphatic rings. The van der Waals surface area contributed by atoms with E-state index in [2.05, 4.69) is 9.97 Å². The van der Waals surface area contributed by atoms with Crippen molar-refractivity contribution in [3.8, 4) is 16.5 Å². The Bertz CT molecular complexity index is 992. The molecule has 4 nitrogen and oxygen atoms in total. The zero-order valence-corrected chi connectivity index (χ0v) is 12.3. The van der Waals surface area contributed by atoms with Crippen LogP contribution in [0, 0.1) is 0 Å². The van der Waals surface area contributed by atoms with Gasteiger partial charge in [-0.1, -0.05) is 24.3 Å². The normalized spacial score (nSPS) is 10.9. The molecule has 0 spiro atoms. The number of para-hydroxylation sites is 1. The average molecular weight is 305 g/mol. The third-order valence-electron chi connectivity index (χ3n) is 3.40. The smallest absolute Gasteiger partial charge is 0.267 e. The van der Waals surface area contributed by atoms with Crippen molar-refractivity contribution in [2.24, 2.45) is 0 Å². The van der Waals surface area contributed by atoms with Crippen molar-refractivity contribution in [2.45, 2.75) is 0 Å². The van der Waals surface area contributed by atoms with Crippen molar-refractivity contribution in [3.05, 3.63) is 76.5 Å². The van der Waals surface area contributed by atoms with Crippen LogP contribution in [0.3, 0.4) is 0 Å². The summed E-state index contributed by atoms with van der Waals surface area (Å²) in [6, 6.07) is 16.8. The number of rotatable bonds is 2. The minimum Gasteiger partial charge on any atom is -0.268 e.